The van der Waals surface area contributed by atoms with E-state index >= 15 is 0 Å². The number of halogens is 1. The number of aromatic nitrogens is 4. The molecule has 2 unspecified atom stereocenters. The quantitative estimate of drug-likeness (QED) is 0.767. The van der Waals surface area contributed by atoms with Gasteiger partial charge in [0.1, 0.15) is 10.8 Å². The summed E-state index contributed by atoms with van der Waals surface area (Å²) >= 11 is 1.55. The first-order valence-electron chi connectivity index (χ1n) is 7.71. The molecule has 2 aromatic heterocycles. The van der Waals surface area contributed by atoms with E-state index in [0.29, 0.717) is 0 Å². The number of aryl methyl sites for hydroxylation is 1. The molecule has 0 aliphatic carbocycles. The molecule has 3 heterocycles. The van der Waals surface area contributed by atoms with Gasteiger partial charge in [-0.25, -0.2) is 9.82 Å². The summed E-state index contributed by atoms with van der Waals surface area (Å²) in [4.78, 5) is 0.813. The third-order valence-corrected chi connectivity index (χ3v) is 5.08. The Morgan fingerprint density at radius 3 is 3.13 bits per heavy atom. The molecule has 1 saturated heterocycles. The van der Waals surface area contributed by atoms with Gasteiger partial charge in [-0.2, -0.15) is 9.61 Å². The van der Waals surface area contributed by atoms with Crippen molar-refractivity contribution in [3.8, 4) is 0 Å². The summed E-state index contributed by atoms with van der Waals surface area (Å²) in [5, 5.41) is 14.1. The Labute approximate surface area is 136 Å². The van der Waals surface area contributed by atoms with Crippen molar-refractivity contribution in [1.82, 2.24) is 30.7 Å². The molecular weight excluding hydrogens is 315 g/mol. The molecule has 0 spiro atoms. The molecule has 8 heteroatoms. The van der Waals surface area contributed by atoms with Gasteiger partial charge in [0.2, 0.25) is 4.96 Å². The number of rotatable bonds is 4. The summed E-state index contributed by atoms with van der Waals surface area (Å²) in [6.45, 7) is 2.85. The van der Waals surface area contributed by atoms with E-state index in [1.54, 1.807) is 23.5 Å². The smallest absolute Gasteiger partial charge is 0.234 e. The van der Waals surface area contributed by atoms with Gasteiger partial charge in [0, 0.05) is 18.9 Å². The molecule has 0 saturated carbocycles. The molecule has 1 aromatic carbocycles. The normalized spacial score (nSPS) is 21.3. The van der Waals surface area contributed by atoms with Crippen molar-refractivity contribution in [3.05, 3.63) is 46.5 Å². The minimum Gasteiger partial charge on any atom is -0.256 e. The van der Waals surface area contributed by atoms with Gasteiger partial charge >= 0.3 is 0 Å². The van der Waals surface area contributed by atoms with Gasteiger partial charge in [-0.05, 0) is 24.1 Å². The van der Waals surface area contributed by atoms with Gasteiger partial charge in [-0.1, -0.05) is 30.4 Å². The highest BCUT2D eigenvalue weighted by Gasteiger charge is 2.33. The van der Waals surface area contributed by atoms with Crippen molar-refractivity contribution in [1.29, 1.82) is 0 Å². The number of hydrazine groups is 1. The summed E-state index contributed by atoms with van der Waals surface area (Å²) < 4.78 is 15.4. The summed E-state index contributed by atoms with van der Waals surface area (Å²) in [6, 6.07) is 6.69. The standard InChI is InChI=1S/C15H17FN6S/c1-2-4-12-18-20-15-22(12)21-14(23-15)11-8-17-19-13(11)9-5-3-6-10(16)7-9/h3,5-7,11,13,17,19H,2,4,8H2,1H3. The van der Waals surface area contributed by atoms with Crippen molar-refractivity contribution in [3.63, 3.8) is 0 Å². The Morgan fingerprint density at radius 1 is 1.39 bits per heavy atom. The highest BCUT2D eigenvalue weighted by molar-refractivity contribution is 7.16. The molecule has 2 N–H and O–H groups in total. The number of hydrogen-bond acceptors (Lipinski definition) is 6. The van der Waals surface area contributed by atoms with Crippen LogP contribution in [0.15, 0.2) is 24.3 Å². The Morgan fingerprint density at radius 2 is 2.30 bits per heavy atom. The lowest BCUT2D eigenvalue weighted by Gasteiger charge is -2.16. The Bertz CT molecular complexity index is 828. The first-order valence-corrected chi connectivity index (χ1v) is 8.52. The zero-order valence-electron chi connectivity index (χ0n) is 12.7. The zero-order valence-corrected chi connectivity index (χ0v) is 13.5. The van der Waals surface area contributed by atoms with Gasteiger partial charge in [-0.3, -0.25) is 5.43 Å². The van der Waals surface area contributed by atoms with E-state index in [2.05, 4.69) is 28.0 Å². The van der Waals surface area contributed by atoms with Gasteiger partial charge in [0.15, 0.2) is 5.82 Å². The van der Waals surface area contributed by atoms with E-state index in [4.69, 9.17) is 5.10 Å². The zero-order chi connectivity index (χ0) is 15.8. The van der Waals surface area contributed by atoms with Gasteiger partial charge in [0.25, 0.3) is 0 Å². The number of benzene rings is 1. The van der Waals surface area contributed by atoms with Crippen LogP contribution >= 0.6 is 11.3 Å². The number of fused-ring (bicyclic) bond motifs is 1. The van der Waals surface area contributed by atoms with Crippen molar-refractivity contribution in [2.75, 3.05) is 6.54 Å². The second-order valence-corrected chi connectivity index (χ2v) is 6.65. The molecule has 0 bridgehead atoms. The van der Waals surface area contributed by atoms with Crippen LogP contribution in [-0.4, -0.2) is 26.4 Å². The maximum absolute atomic E-state index is 13.5. The molecule has 1 aliphatic heterocycles. The predicted octanol–water partition coefficient (Wildman–Crippen LogP) is 2.21. The molecule has 23 heavy (non-hydrogen) atoms. The summed E-state index contributed by atoms with van der Waals surface area (Å²) in [6.07, 6.45) is 1.87. The van der Waals surface area contributed by atoms with Crippen molar-refractivity contribution in [2.24, 2.45) is 0 Å². The Hall–Kier alpha value is -1.90. The molecule has 4 rings (SSSR count). The number of nitrogens with zero attached hydrogens (tertiary/aromatic N) is 4. The average Bonchev–Trinajstić information content (AvgIpc) is 3.23. The number of hydrogen-bond donors (Lipinski definition) is 2. The maximum atomic E-state index is 13.5. The molecule has 0 radical (unpaired) electrons. The SMILES string of the molecule is CCCc1nnc2sc(C3CNNC3c3cccc(F)c3)nn12. The van der Waals surface area contributed by atoms with Crippen LogP contribution in [0, 0.1) is 5.82 Å². The van der Waals surface area contributed by atoms with Crippen LogP contribution in [0.2, 0.25) is 0 Å². The highest BCUT2D eigenvalue weighted by Crippen LogP contribution is 2.35. The molecule has 3 aromatic rings. The fourth-order valence-electron chi connectivity index (χ4n) is 2.94. The lowest BCUT2D eigenvalue weighted by Crippen LogP contribution is -2.24. The van der Waals surface area contributed by atoms with E-state index < -0.39 is 0 Å². The van der Waals surface area contributed by atoms with Crippen LogP contribution in [0.4, 0.5) is 4.39 Å². The highest BCUT2D eigenvalue weighted by atomic mass is 32.1. The maximum Gasteiger partial charge on any atom is 0.234 e. The predicted molar refractivity (Wildman–Crippen MR) is 85.7 cm³/mol. The topological polar surface area (TPSA) is 67.1 Å². The Balaban J connectivity index is 1.68. The Kier molecular flexibility index (Phi) is 3.80. The third-order valence-electron chi connectivity index (χ3n) is 4.05. The largest absolute Gasteiger partial charge is 0.256 e. The molecule has 2 atom stereocenters. The number of nitrogens with one attached hydrogen (secondary N) is 2. The first-order chi connectivity index (χ1) is 11.3. The molecule has 1 fully saturated rings. The summed E-state index contributed by atoms with van der Waals surface area (Å²) in [5.41, 5.74) is 7.31. The van der Waals surface area contributed by atoms with E-state index in [1.807, 2.05) is 10.6 Å². The third kappa shape index (κ3) is 2.62. The average molecular weight is 332 g/mol. The first kappa shape index (κ1) is 14.7. The monoisotopic (exact) mass is 332 g/mol. The fourth-order valence-corrected chi connectivity index (χ4v) is 3.94. The lowest BCUT2D eigenvalue weighted by molar-refractivity contribution is 0.542. The second kappa shape index (κ2) is 5.95. The second-order valence-electron chi connectivity index (χ2n) is 5.67. The van der Waals surface area contributed by atoms with Crippen LogP contribution in [0.5, 0.6) is 0 Å². The molecular formula is C15H17FN6S. The molecule has 6 nitrogen and oxygen atoms in total. The van der Waals surface area contributed by atoms with Gasteiger partial charge in [0.05, 0.1) is 6.04 Å². The van der Waals surface area contributed by atoms with Crippen LogP contribution in [0.1, 0.15) is 41.7 Å². The van der Waals surface area contributed by atoms with Crippen molar-refractivity contribution in [2.45, 2.75) is 31.7 Å². The minimum absolute atomic E-state index is 0.0101. The summed E-state index contributed by atoms with van der Waals surface area (Å²) in [5.74, 6) is 0.808. The lowest BCUT2D eigenvalue weighted by atomic mass is 9.95. The van der Waals surface area contributed by atoms with Gasteiger partial charge < -0.3 is 0 Å². The van der Waals surface area contributed by atoms with Crippen molar-refractivity contribution < 1.29 is 4.39 Å². The van der Waals surface area contributed by atoms with Gasteiger partial charge in [-0.15, -0.1) is 10.2 Å². The van der Waals surface area contributed by atoms with Crippen molar-refractivity contribution >= 4 is 16.3 Å². The van der Waals surface area contributed by atoms with E-state index in [1.165, 1.54) is 6.07 Å². The van der Waals surface area contributed by atoms with E-state index in [-0.39, 0.29) is 17.8 Å². The van der Waals surface area contributed by atoms with Crippen LogP contribution < -0.4 is 10.9 Å². The van der Waals surface area contributed by atoms with E-state index in [0.717, 1.165) is 40.7 Å². The van der Waals surface area contributed by atoms with Crippen LogP contribution in [0.25, 0.3) is 4.96 Å². The molecule has 0 amide bonds. The van der Waals surface area contributed by atoms with E-state index in [9.17, 15) is 4.39 Å². The minimum atomic E-state index is -0.224. The van der Waals surface area contributed by atoms with Crippen LogP contribution in [0.3, 0.4) is 0 Å². The summed E-state index contributed by atoms with van der Waals surface area (Å²) in [7, 11) is 0. The molecule has 1 aliphatic rings. The molecule has 120 valence electrons. The fraction of sp³-hybridized carbons (Fsp3) is 0.400. The van der Waals surface area contributed by atoms with Crippen LogP contribution in [-0.2, 0) is 6.42 Å².